The van der Waals surface area contributed by atoms with Crippen LogP contribution in [0.25, 0.3) is 0 Å². The molecule has 0 spiro atoms. The quantitative estimate of drug-likeness (QED) is 0.591. The second-order valence-electron chi connectivity index (χ2n) is 5.48. The summed E-state index contributed by atoms with van der Waals surface area (Å²) in [5.41, 5.74) is 0. The molecule has 0 aromatic rings. The monoisotopic (exact) mass is 268 g/mol. The Morgan fingerprint density at radius 1 is 1.37 bits per heavy atom. The van der Waals surface area contributed by atoms with Crippen LogP contribution in [0.5, 0.6) is 0 Å². The summed E-state index contributed by atoms with van der Waals surface area (Å²) >= 11 is 0. The molecule has 112 valence electrons. The summed E-state index contributed by atoms with van der Waals surface area (Å²) in [6, 6.07) is 0.676. The number of hydrogen-bond acceptors (Lipinski definition) is 2. The lowest BCUT2D eigenvalue weighted by atomic mass is 10.0. The molecule has 19 heavy (non-hydrogen) atoms. The summed E-state index contributed by atoms with van der Waals surface area (Å²) in [6.45, 7) is 9.02. The molecule has 1 aliphatic rings. The SMILES string of the molecule is CCCCN(C)C(=NC)NCC1CCCCN1CC. The summed E-state index contributed by atoms with van der Waals surface area (Å²) in [7, 11) is 4.01. The first-order valence-electron chi connectivity index (χ1n) is 7.88. The van der Waals surface area contributed by atoms with Gasteiger partial charge in [0.2, 0.25) is 0 Å². The molecule has 0 aromatic carbocycles. The Labute approximate surface area is 119 Å². The maximum atomic E-state index is 4.39. The highest BCUT2D eigenvalue weighted by Gasteiger charge is 2.21. The molecule has 1 rings (SSSR count). The minimum Gasteiger partial charge on any atom is -0.355 e. The molecule has 1 heterocycles. The molecular formula is C15H32N4. The van der Waals surface area contributed by atoms with E-state index in [2.05, 4.69) is 41.0 Å². The number of nitrogens with zero attached hydrogens (tertiary/aromatic N) is 3. The van der Waals surface area contributed by atoms with Gasteiger partial charge in [-0.25, -0.2) is 0 Å². The van der Waals surface area contributed by atoms with E-state index in [-0.39, 0.29) is 0 Å². The number of unbranched alkanes of at least 4 members (excludes halogenated alkanes) is 1. The number of nitrogens with one attached hydrogen (secondary N) is 1. The first kappa shape index (κ1) is 16.3. The highest BCUT2D eigenvalue weighted by Crippen LogP contribution is 2.15. The first-order chi connectivity index (χ1) is 9.22. The van der Waals surface area contributed by atoms with Crippen molar-refractivity contribution in [1.82, 2.24) is 15.1 Å². The number of likely N-dealkylation sites (N-methyl/N-ethyl adjacent to an activating group) is 1. The fraction of sp³-hybridized carbons (Fsp3) is 0.933. The van der Waals surface area contributed by atoms with Gasteiger partial charge in [-0.15, -0.1) is 0 Å². The van der Waals surface area contributed by atoms with Crippen LogP contribution in [0.1, 0.15) is 46.0 Å². The fourth-order valence-corrected chi connectivity index (χ4v) is 2.80. The van der Waals surface area contributed by atoms with Crippen molar-refractivity contribution >= 4 is 5.96 Å². The van der Waals surface area contributed by atoms with E-state index in [9.17, 15) is 0 Å². The molecule has 1 N–H and O–H groups in total. The van der Waals surface area contributed by atoms with Crippen molar-refractivity contribution in [2.24, 2.45) is 4.99 Å². The lowest BCUT2D eigenvalue weighted by molar-refractivity contribution is 0.157. The van der Waals surface area contributed by atoms with Crippen molar-refractivity contribution in [3.8, 4) is 0 Å². The molecule has 0 aromatic heterocycles. The molecular weight excluding hydrogens is 236 g/mol. The number of aliphatic imine (C=N–C) groups is 1. The lowest BCUT2D eigenvalue weighted by Crippen LogP contribution is -2.49. The number of piperidine rings is 1. The van der Waals surface area contributed by atoms with Crippen LogP contribution in [-0.2, 0) is 0 Å². The summed E-state index contributed by atoms with van der Waals surface area (Å²) in [4.78, 5) is 9.22. The van der Waals surface area contributed by atoms with Crippen molar-refractivity contribution in [3.63, 3.8) is 0 Å². The van der Waals surface area contributed by atoms with Gasteiger partial charge >= 0.3 is 0 Å². The van der Waals surface area contributed by atoms with Crippen LogP contribution in [0.3, 0.4) is 0 Å². The summed E-state index contributed by atoms with van der Waals surface area (Å²) in [5.74, 6) is 1.04. The summed E-state index contributed by atoms with van der Waals surface area (Å²) in [6.07, 6.45) is 6.49. The van der Waals surface area contributed by atoms with E-state index in [1.807, 2.05) is 7.05 Å². The van der Waals surface area contributed by atoms with E-state index in [0.717, 1.165) is 25.6 Å². The molecule has 1 aliphatic heterocycles. The molecule has 4 nitrogen and oxygen atoms in total. The third-order valence-corrected chi connectivity index (χ3v) is 4.07. The molecule has 0 bridgehead atoms. The van der Waals surface area contributed by atoms with Gasteiger partial charge in [-0.1, -0.05) is 26.7 Å². The largest absolute Gasteiger partial charge is 0.355 e. The molecule has 0 amide bonds. The Morgan fingerprint density at radius 2 is 2.16 bits per heavy atom. The average Bonchev–Trinajstić information content (AvgIpc) is 2.46. The smallest absolute Gasteiger partial charge is 0.193 e. The van der Waals surface area contributed by atoms with Crippen LogP contribution in [0.4, 0.5) is 0 Å². The van der Waals surface area contributed by atoms with Gasteiger partial charge in [-0.05, 0) is 32.4 Å². The van der Waals surface area contributed by atoms with Crippen molar-refractivity contribution in [2.45, 2.75) is 52.0 Å². The maximum Gasteiger partial charge on any atom is 0.193 e. The second kappa shape index (κ2) is 9.18. The van der Waals surface area contributed by atoms with Gasteiger partial charge < -0.3 is 10.2 Å². The molecule has 0 radical (unpaired) electrons. The lowest BCUT2D eigenvalue weighted by Gasteiger charge is -2.35. The molecule has 0 saturated carbocycles. The molecule has 1 saturated heterocycles. The van der Waals surface area contributed by atoms with Crippen LogP contribution in [0, 0.1) is 0 Å². The van der Waals surface area contributed by atoms with E-state index in [1.54, 1.807) is 0 Å². The molecule has 4 heteroatoms. The Kier molecular flexibility index (Phi) is 7.87. The summed E-state index contributed by atoms with van der Waals surface area (Å²) < 4.78 is 0. The molecule has 0 aliphatic carbocycles. The Bertz CT molecular complexity index is 265. The predicted molar refractivity (Wildman–Crippen MR) is 83.8 cm³/mol. The third-order valence-electron chi connectivity index (χ3n) is 4.07. The van der Waals surface area contributed by atoms with Crippen LogP contribution in [0.2, 0.25) is 0 Å². The van der Waals surface area contributed by atoms with Gasteiger partial charge in [0.05, 0.1) is 0 Å². The topological polar surface area (TPSA) is 30.9 Å². The van der Waals surface area contributed by atoms with Gasteiger partial charge in [-0.3, -0.25) is 9.89 Å². The minimum atomic E-state index is 0.676. The fourth-order valence-electron chi connectivity index (χ4n) is 2.80. The van der Waals surface area contributed by atoms with Crippen LogP contribution in [-0.4, -0.2) is 62.1 Å². The van der Waals surface area contributed by atoms with Crippen LogP contribution >= 0.6 is 0 Å². The Balaban J connectivity index is 2.39. The number of guanidine groups is 1. The van der Waals surface area contributed by atoms with Gasteiger partial charge in [0.15, 0.2) is 5.96 Å². The van der Waals surface area contributed by atoms with E-state index in [1.165, 1.54) is 38.6 Å². The van der Waals surface area contributed by atoms with Crippen LogP contribution in [0.15, 0.2) is 4.99 Å². The zero-order valence-corrected chi connectivity index (χ0v) is 13.3. The van der Waals surface area contributed by atoms with Gasteiger partial charge in [0.25, 0.3) is 0 Å². The van der Waals surface area contributed by atoms with E-state index < -0.39 is 0 Å². The highest BCUT2D eigenvalue weighted by molar-refractivity contribution is 5.79. The van der Waals surface area contributed by atoms with Crippen molar-refractivity contribution in [3.05, 3.63) is 0 Å². The normalized spacial score (nSPS) is 21.5. The number of hydrogen-bond donors (Lipinski definition) is 1. The van der Waals surface area contributed by atoms with Crippen molar-refractivity contribution in [1.29, 1.82) is 0 Å². The average molecular weight is 268 g/mol. The maximum absolute atomic E-state index is 4.39. The molecule has 1 fully saturated rings. The standard InChI is InChI=1S/C15H32N4/c1-5-7-11-18(4)15(16-3)17-13-14-10-8-9-12-19(14)6-2/h14H,5-13H2,1-4H3,(H,16,17). The van der Waals surface area contributed by atoms with Gasteiger partial charge in [-0.2, -0.15) is 0 Å². The summed E-state index contributed by atoms with van der Waals surface area (Å²) in [5, 5.41) is 3.55. The first-order valence-corrected chi connectivity index (χ1v) is 7.88. The van der Waals surface area contributed by atoms with Crippen molar-refractivity contribution in [2.75, 3.05) is 40.3 Å². The molecule has 1 unspecified atom stereocenters. The number of rotatable bonds is 6. The van der Waals surface area contributed by atoms with Crippen molar-refractivity contribution < 1.29 is 0 Å². The van der Waals surface area contributed by atoms with E-state index in [0.29, 0.717) is 6.04 Å². The number of likely N-dealkylation sites (tertiary alicyclic amines) is 1. The molecule has 1 atom stereocenters. The van der Waals surface area contributed by atoms with Crippen LogP contribution < -0.4 is 5.32 Å². The Hall–Kier alpha value is -0.770. The third kappa shape index (κ3) is 5.39. The van der Waals surface area contributed by atoms with E-state index in [4.69, 9.17) is 0 Å². The predicted octanol–water partition coefficient (Wildman–Crippen LogP) is 2.17. The second-order valence-corrected chi connectivity index (χ2v) is 5.48. The van der Waals surface area contributed by atoms with Gasteiger partial charge in [0, 0.05) is 33.2 Å². The Morgan fingerprint density at radius 3 is 2.79 bits per heavy atom. The minimum absolute atomic E-state index is 0.676. The van der Waals surface area contributed by atoms with E-state index >= 15 is 0 Å². The zero-order chi connectivity index (χ0) is 14.1. The zero-order valence-electron chi connectivity index (χ0n) is 13.3. The highest BCUT2D eigenvalue weighted by atomic mass is 15.3. The van der Waals surface area contributed by atoms with Gasteiger partial charge in [0.1, 0.15) is 0 Å².